The van der Waals surface area contributed by atoms with Crippen LogP contribution >= 0.6 is 0 Å². The average Bonchev–Trinajstić information content (AvgIpc) is 3.35. The lowest BCUT2D eigenvalue weighted by Gasteiger charge is -2.17. The van der Waals surface area contributed by atoms with E-state index < -0.39 is 11.7 Å². The molecule has 1 aliphatic heterocycles. The lowest BCUT2D eigenvalue weighted by atomic mass is 10.0. The molecule has 0 radical (unpaired) electrons. The van der Waals surface area contributed by atoms with E-state index in [-0.39, 0.29) is 17.9 Å². The summed E-state index contributed by atoms with van der Waals surface area (Å²) in [5, 5.41) is 10.3. The molecule has 1 aromatic heterocycles. The maximum atomic E-state index is 12.8. The molecule has 9 heteroatoms. The van der Waals surface area contributed by atoms with Gasteiger partial charge in [-0.1, -0.05) is 42.5 Å². The van der Waals surface area contributed by atoms with E-state index in [9.17, 15) is 18.0 Å². The minimum Gasteiger partial charge on any atom is -0.352 e. The van der Waals surface area contributed by atoms with Crippen LogP contribution in [0.5, 0.6) is 0 Å². The second kappa shape index (κ2) is 8.50. The van der Waals surface area contributed by atoms with E-state index in [0.29, 0.717) is 31.3 Å². The largest absolute Gasteiger partial charge is 0.416 e. The van der Waals surface area contributed by atoms with Crippen molar-refractivity contribution in [3.63, 3.8) is 0 Å². The number of carbonyl (C=O) groups is 1. The van der Waals surface area contributed by atoms with Crippen molar-refractivity contribution in [2.24, 2.45) is 0 Å². The van der Waals surface area contributed by atoms with Crippen molar-refractivity contribution in [2.45, 2.75) is 31.6 Å². The fraction of sp³-hybridized carbons (Fsp3) is 0.318. The van der Waals surface area contributed by atoms with Gasteiger partial charge in [-0.3, -0.25) is 14.8 Å². The summed E-state index contributed by atoms with van der Waals surface area (Å²) in [4.78, 5) is 18.4. The van der Waals surface area contributed by atoms with E-state index >= 15 is 0 Å². The Bertz CT molecular complexity index is 1030. The van der Waals surface area contributed by atoms with E-state index in [1.165, 1.54) is 19.1 Å². The maximum Gasteiger partial charge on any atom is 0.416 e. The quantitative estimate of drug-likeness (QED) is 0.650. The van der Waals surface area contributed by atoms with Gasteiger partial charge in [-0.05, 0) is 17.7 Å². The van der Waals surface area contributed by atoms with Gasteiger partial charge in [0, 0.05) is 32.1 Å². The minimum atomic E-state index is -4.35. The Balaban J connectivity index is 1.50. The molecule has 2 aromatic carbocycles. The number of halogens is 3. The molecule has 0 saturated carbocycles. The molecule has 2 atom stereocenters. The molecule has 3 aromatic rings. The van der Waals surface area contributed by atoms with Crippen LogP contribution in [-0.2, 0) is 17.5 Å². The molecule has 6 nitrogen and oxygen atoms in total. The van der Waals surface area contributed by atoms with Crippen LogP contribution in [0.4, 0.5) is 13.2 Å². The van der Waals surface area contributed by atoms with E-state index in [2.05, 4.69) is 25.4 Å². The summed E-state index contributed by atoms with van der Waals surface area (Å²) in [5.41, 5.74) is 1.00. The van der Waals surface area contributed by atoms with Gasteiger partial charge in [-0.25, -0.2) is 4.98 Å². The zero-order valence-corrected chi connectivity index (χ0v) is 16.9. The summed E-state index contributed by atoms with van der Waals surface area (Å²) < 4.78 is 38.4. The van der Waals surface area contributed by atoms with Crippen molar-refractivity contribution < 1.29 is 18.0 Å². The number of benzene rings is 2. The number of likely N-dealkylation sites (tertiary alicyclic amines) is 1. The zero-order chi connectivity index (χ0) is 22.0. The maximum absolute atomic E-state index is 12.8. The van der Waals surface area contributed by atoms with E-state index in [1.807, 2.05) is 30.3 Å². The molecule has 2 N–H and O–H groups in total. The highest BCUT2D eigenvalue weighted by molar-refractivity contribution is 5.73. The van der Waals surface area contributed by atoms with Gasteiger partial charge in [0.05, 0.1) is 17.5 Å². The molecule has 0 unspecified atom stereocenters. The standard InChI is InChI=1S/C22H22F3N5O/c1-14(31)26-19-13-30(11-15-7-9-17(10-8-15)22(23,24)25)12-18(19)21-27-20(28-29-21)16-5-3-2-4-6-16/h2-10,18-19H,11-13H2,1H3,(H,26,31)(H,27,28,29)/t18-,19-/m1/s1. The third kappa shape index (κ3) is 4.93. The Labute approximate surface area is 177 Å². The summed E-state index contributed by atoms with van der Waals surface area (Å²) >= 11 is 0. The minimum absolute atomic E-state index is 0.108. The van der Waals surface area contributed by atoms with Crippen LogP contribution in [0.25, 0.3) is 11.4 Å². The number of alkyl halides is 3. The van der Waals surface area contributed by atoms with Crippen molar-refractivity contribution in [1.29, 1.82) is 0 Å². The number of nitrogens with one attached hydrogen (secondary N) is 2. The molecular weight excluding hydrogens is 407 g/mol. The number of amides is 1. The molecule has 1 fully saturated rings. The van der Waals surface area contributed by atoms with Crippen LogP contribution in [0.2, 0.25) is 0 Å². The molecule has 1 aliphatic rings. The monoisotopic (exact) mass is 429 g/mol. The number of carbonyl (C=O) groups excluding carboxylic acids is 1. The Morgan fingerprint density at radius 1 is 1.13 bits per heavy atom. The van der Waals surface area contributed by atoms with Gasteiger partial charge in [0.25, 0.3) is 0 Å². The summed E-state index contributed by atoms with van der Waals surface area (Å²) in [7, 11) is 0. The Morgan fingerprint density at radius 3 is 2.48 bits per heavy atom. The van der Waals surface area contributed by atoms with E-state index in [4.69, 9.17) is 0 Å². The van der Waals surface area contributed by atoms with Crippen LogP contribution < -0.4 is 5.32 Å². The first-order chi connectivity index (χ1) is 14.8. The molecule has 2 heterocycles. The van der Waals surface area contributed by atoms with Crippen molar-refractivity contribution in [3.8, 4) is 11.4 Å². The number of rotatable bonds is 5. The number of aromatic amines is 1. The van der Waals surface area contributed by atoms with Crippen molar-refractivity contribution in [2.75, 3.05) is 13.1 Å². The predicted octanol–water partition coefficient (Wildman–Crippen LogP) is 3.59. The third-order valence-corrected chi connectivity index (χ3v) is 5.36. The molecule has 0 bridgehead atoms. The summed E-state index contributed by atoms with van der Waals surface area (Å²) in [6.45, 7) is 3.10. The molecule has 31 heavy (non-hydrogen) atoms. The Kier molecular flexibility index (Phi) is 5.77. The van der Waals surface area contributed by atoms with Crippen molar-refractivity contribution in [3.05, 3.63) is 71.5 Å². The van der Waals surface area contributed by atoms with E-state index in [0.717, 1.165) is 23.3 Å². The average molecular weight is 429 g/mol. The molecule has 0 spiro atoms. The molecule has 1 amide bonds. The highest BCUT2D eigenvalue weighted by atomic mass is 19.4. The topological polar surface area (TPSA) is 73.9 Å². The van der Waals surface area contributed by atoms with Crippen LogP contribution in [0, 0.1) is 0 Å². The highest BCUT2D eigenvalue weighted by Gasteiger charge is 2.37. The number of hydrogen-bond donors (Lipinski definition) is 2. The van der Waals surface area contributed by atoms with Crippen molar-refractivity contribution in [1.82, 2.24) is 25.4 Å². The molecule has 4 rings (SSSR count). The first-order valence-electron chi connectivity index (χ1n) is 9.93. The molecular formula is C22H22F3N5O. The first-order valence-corrected chi connectivity index (χ1v) is 9.93. The van der Waals surface area contributed by atoms with Gasteiger partial charge in [0.15, 0.2) is 5.82 Å². The first kappa shape index (κ1) is 21.0. The predicted molar refractivity (Wildman–Crippen MR) is 109 cm³/mol. The molecule has 1 saturated heterocycles. The Morgan fingerprint density at radius 2 is 1.84 bits per heavy atom. The van der Waals surface area contributed by atoms with E-state index in [1.54, 1.807) is 0 Å². The summed E-state index contributed by atoms with van der Waals surface area (Å²) in [6, 6.07) is 14.6. The van der Waals surface area contributed by atoms with Crippen LogP contribution in [0.1, 0.15) is 29.8 Å². The normalized spacial score (nSPS) is 19.5. The highest BCUT2D eigenvalue weighted by Crippen LogP contribution is 2.31. The van der Waals surface area contributed by atoms with Gasteiger partial charge in [0.2, 0.25) is 5.91 Å². The van der Waals surface area contributed by atoms with Gasteiger partial charge >= 0.3 is 6.18 Å². The van der Waals surface area contributed by atoms with Crippen LogP contribution in [-0.4, -0.2) is 45.1 Å². The SMILES string of the molecule is CC(=O)N[C@@H]1CN(Cc2ccc(C(F)(F)F)cc2)C[C@H]1c1nc(-c2ccccc2)n[nH]1. The fourth-order valence-electron chi connectivity index (χ4n) is 3.91. The second-order valence-corrected chi connectivity index (χ2v) is 7.71. The fourth-order valence-corrected chi connectivity index (χ4v) is 3.91. The number of nitrogens with zero attached hydrogens (tertiary/aromatic N) is 3. The molecule has 0 aliphatic carbocycles. The summed E-state index contributed by atoms with van der Waals surface area (Å²) in [6.07, 6.45) is -4.35. The lowest BCUT2D eigenvalue weighted by molar-refractivity contribution is -0.137. The van der Waals surface area contributed by atoms with Crippen LogP contribution in [0.3, 0.4) is 0 Å². The van der Waals surface area contributed by atoms with Gasteiger partial charge in [0.1, 0.15) is 5.82 Å². The van der Waals surface area contributed by atoms with Gasteiger partial charge < -0.3 is 5.32 Å². The summed E-state index contributed by atoms with van der Waals surface area (Å²) in [5.74, 6) is 1.00. The van der Waals surface area contributed by atoms with Crippen molar-refractivity contribution >= 4 is 5.91 Å². The van der Waals surface area contributed by atoms with Crippen LogP contribution in [0.15, 0.2) is 54.6 Å². The molecule has 162 valence electrons. The lowest BCUT2D eigenvalue weighted by Crippen LogP contribution is -2.38. The second-order valence-electron chi connectivity index (χ2n) is 7.71. The smallest absolute Gasteiger partial charge is 0.352 e. The third-order valence-electron chi connectivity index (χ3n) is 5.36. The Hall–Kier alpha value is -3.20. The number of hydrogen-bond acceptors (Lipinski definition) is 4. The van der Waals surface area contributed by atoms with Gasteiger partial charge in [-0.15, -0.1) is 0 Å². The zero-order valence-electron chi connectivity index (χ0n) is 16.9. The van der Waals surface area contributed by atoms with Gasteiger partial charge in [-0.2, -0.15) is 18.3 Å². The number of H-pyrrole nitrogens is 1. The number of aromatic nitrogens is 3.